The van der Waals surface area contributed by atoms with Crippen LogP contribution in [0.5, 0.6) is 0 Å². The van der Waals surface area contributed by atoms with E-state index in [0.29, 0.717) is 22.5 Å². The normalized spacial score (nSPS) is 11.9. The molecule has 0 amide bonds. The summed E-state index contributed by atoms with van der Waals surface area (Å²) >= 11 is 0. The van der Waals surface area contributed by atoms with Crippen molar-refractivity contribution in [2.75, 3.05) is 12.0 Å². The molecular weight excluding hydrogens is 491 g/mol. The largest absolute Gasteiger partial charge is 0.353 e. The molecule has 2 N–H and O–H groups in total. The van der Waals surface area contributed by atoms with Crippen molar-refractivity contribution >= 4 is 31.8 Å². The molecule has 0 aliphatic heterocycles. The van der Waals surface area contributed by atoms with Crippen LogP contribution in [0.4, 0.5) is 4.39 Å². The standard InChI is InChI=1S/C27H21FN6O2S/c1-37(35,36)8-5-16-9-18(11-20(28)10-16)25-21-13-24(32-23(21)4-7-30-25)26-22-12-19(15-31-27(22)34-33-26)17-3-2-6-29-14-17/h2-4,6-7,9-15,32H,5,8H2,1H3,(H,31,33,34). The average Bonchev–Trinajstić information content (AvgIpc) is 3.51. The van der Waals surface area contributed by atoms with Gasteiger partial charge in [0.2, 0.25) is 0 Å². The van der Waals surface area contributed by atoms with Crippen LogP contribution in [0, 0.1) is 5.82 Å². The molecule has 0 aliphatic rings. The van der Waals surface area contributed by atoms with E-state index in [1.54, 1.807) is 30.9 Å². The number of H-pyrrole nitrogens is 2. The van der Waals surface area contributed by atoms with Crippen molar-refractivity contribution in [3.63, 3.8) is 0 Å². The Hall–Kier alpha value is -4.44. The lowest BCUT2D eigenvalue weighted by Gasteiger charge is -2.07. The molecule has 0 fully saturated rings. The van der Waals surface area contributed by atoms with E-state index in [4.69, 9.17) is 0 Å². The first-order valence-corrected chi connectivity index (χ1v) is 13.6. The van der Waals surface area contributed by atoms with E-state index in [1.807, 2.05) is 30.3 Å². The summed E-state index contributed by atoms with van der Waals surface area (Å²) in [6.45, 7) is 0. The van der Waals surface area contributed by atoms with Crippen LogP contribution >= 0.6 is 0 Å². The second-order valence-electron chi connectivity index (χ2n) is 8.97. The lowest BCUT2D eigenvalue weighted by Crippen LogP contribution is -2.06. The molecule has 184 valence electrons. The van der Waals surface area contributed by atoms with Gasteiger partial charge in [-0.2, -0.15) is 5.10 Å². The first-order chi connectivity index (χ1) is 17.8. The maximum absolute atomic E-state index is 14.5. The van der Waals surface area contributed by atoms with E-state index in [-0.39, 0.29) is 12.2 Å². The van der Waals surface area contributed by atoms with Gasteiger partial charge in [-0.25, -0.2) is 17.8 Å². The van der Waals surface area contributed by atoms with E-state index < -0.39 is 15.7 Å². The Bertz CT molecular complexity index is 1880. The molecule has 10 heteroatoms. The third-order valence-electron chi connectivity index (χ3n) is 6.21. The topological polar surface area (TPSA) is 117 Å². The molecule has 0 atom stereocenters. The number of halogens is 1. The van der Waals surface area contributed by atoms with Crippen LogP contribution in [0.2, 0.25) is 0 Å². The second kappa shape index (κ2) is 8.90. The van der Waals surface area contributed by atoms with Crippen molar-refractivity contribution in [3.05, 3.63) is 84.7 Å². The quantitative estimate of drug-likeness (QED) is 0.326. The van der Waals surface area contributed by atoms with E-state index in [0.717, 1.165) is 38.8 Å². The fraction of sp³-hybridized carbons (Fsp3) is 0.111. The van der Waals surface area contributed by atoms with Crippen molar-refractivity contribution < 1.29 is 12.8 Å². The molecule has 0 spiro atoms. The Morgan fingerprint density at radius 3 is 2.62 bits per heavy atom. The zero-order chi connectivity index (χ0) is 25.6. The summed E-state index contributed by atoms with van der Waals surface area (Å²) in [6.07, 6.45) is 8.33. The summed E-state index contributed by atoms with van der Waals surface area (Å²) in [5.74, 6) is -0.492. The summed E-state index contributed by atoms with van der Waals surface area (Å²) in [4.78, 5) is 16.6. The minimum Gasteiger partial charge on any atom is -0.353 e. The minimum atomic E-state index is -3.17. The molecular formula is C27H21FN6O2S. The average molecular weight is 513 g/mol. The summed E-state index contributed by atoms with van der Waals surface area (Å²) < 4.78 is 37.7. The first-order valence-electron chi connectivity index (χ1n) is 11.5. The molecule has 37 heavy (non-hydrogen) atoms. The molecule has 0 radical (unpaired) electrons. The number of nitrogens with one attached hydrogen (secondary N) is 2. The second-order valence-corrected chi connectivity index (χ2v) is 11.2. The molecule has 0 unspecified atom stereocenters. The predicted octanol–water partition coefficient (Wildman–Crippen LogP) is 4.96. The molecule has 8 nitrogen and oxygen atoms in total. The van der Waals surface area contributed by atoms with Gasteiger partial charge in [-0.1, -0.05) is 6.07 Å². The van der Waals surface area contributed by atoms with Gasteiger partial charge in [-0.15, -0.1) is 0 Å². The van der Waals surface area contributed by atoms with Crippen LogP contribution in [0.15, 0.2) is 73.3 Å². The molecule has 5 heterocycles. The SMILES string of the molecule is CS(=O)(=O)CCc1cc(F)cc(-c2nccc3[nH]c(-c4[nH]nc5ncc(-c6cccnc6)cc45)cc23)c1. The highest BCUT2D eigenvalue weighted by molar-refractivity contribution is 7.90. The number of aryl methyl sites for hydroxylation is 1. The minimum absolute atomic E-state index is 0.0518. The number of hydrogen-bond acceptors (Lipinski definition) is 6. The van der Waals surface area contributed by atoms with Crippen molar-refractivity contribution in [3.8, 4) is 33.8 Å². The number of fused-ring (bicyclic) bond motifs is 2. The maximum Gasteiger partial charge on any atom is 0.181 e. The molecule has 6 rings (SSSR count). The van der Waals surface area contributed by atoms with Gasteiger partial charge in [0.25, 0.3) is 0 Å². The summed E-state index contributed by atoms with van der Waals surface area (Å²) in [5, 5.41) is 9.09. The molecule has 0 bridgehead atoms. The highest BCUT2D eigenvalue weighted by Gasteiger charge is 2.16. The van der Waals surface area contributed by atoms with E-state index >= 15 is 0 Å². The van der Waals surface area contributed by atoms with Gasteiger partial charge in [-0.05, 0) is 54.4 Å². The fourth-order valence-corrected chi connectivity index (χ4v) is 5.06. The molecule has 0 aliphatic carbocycles. The first kappa shape index (κ1) is 23.0. The number of sulfone groups is 1. The van der Waals surface area contributed by atoms with Crippen LogP contribution in [-0.2, 0) is 16.3 Å². The Labute approximate surface area is 211 Å². The molecule has 0 saturated heterocycles. The zero-order valence-electron chi connectivity index (χ0n) is 19.7. The van der Waals surface area contributed by atoms with Gasteiger partial charge in [-0.3, -0.25) is 15.1 Å². The summed E-state index contributed by atoms with van der Waals surface area (Å²) in [6, 6.07) is 14.2. The Morgan fingerprint density at radius 1 is 0.919 bits per heavy atom. The van der Waals surface area contributed by atoms with Crippen molar-refractivity contribution in [2.45, 2.75) is 6.42 Å². The zero-order valence-corrected chi connectivity index (χ0v) is 20.6. The van der Waals surface area contributed by atoms with Crippen molar-refractivity contribution in [1.82, 2.24) is 30.1 Å². The monoisotopic (exact) mass is 512 g/mol. The smallest absolute Gasteiger partial charge is 0.181 e. The van der Waals surface area contributed by atoms with Gasteiger partial charge in [0, 0.05) is 64.0 Å². The van der Waals surface area contributed by atoms with Gasteiger partial charge in [0.05, 0.1) is 22.8 Å². The lowest BCUT2D eigenvalue weighted by molar-refractivity contribution is 0.600. The van der Waals surface area contributed by atoms with Gasteiger partial charge in [0.1, 0.15) is 15.7 Å². The number of pyridine rings is 3. The van der Waals surface area contributed by atoms with Crippen LogP contribution < -0.4 is 0 Å². The Kier molecular flexibility index (Phi) is 5.53. The number of hydrogen-bond donors (Lipinski definition) is 2. The predicted molar refractivity (Wildman–Crippen MR) is 141 cm³/mol. The fourth-order valence-electron chi connectivity index (χ4n) is 4.45. The number of benzene rings is 1. The number of aromatic nitrogens is 6. The number of rotatable bonds is 6. The number of aromatic amines is 2. The van der Waals surface area contributed by atoms with Gasteiger partial charge >= 0.3 is 0 Å². The lowest BCUT2D eigenvalue weighted by atomic mass is 10.0. The summed E-state index contributed by atoms with van der Waals surface area (Å²) in [7, 11) is -3.17. The van der Waals surface area contributed by atoms with Crippen molar-refractivity contribution in [2.24, 2.45) is 0 Å². The van der Waals surface area contributed by atoms with Crippen LogP contribution in [0.3, 0.4) is 0 Å². The Balaban J connectivity index is 1.44. The highest BCUT2D eigenvalue weighted by atomic mass is 32.2. The van der Waals surface area contributed by atoms with Crippen LogP contribution in [0.1, 0.15) is 5.56 Å². The molecule has 1 aromatic carbocycles. The maximum atomic E-state index is 14.5. The molecule has 5 aromatic heterocycles. The summed E-state index contributed by atoms with van der Waals surface area (Å²) in [5.41, 5.74) is 6.60. The van der Waals surface area contributed by atoms with Crippen molar-refractivity contribution in [1.29, 1.82) is 0 Å². The third kappa shape index (κ3) is 4.58. The van der Waals surface area contributed by atoms with E-state index in [2.05, 4.69) is 30.1 Å². The van der Waals surface area contributed by atoms with E-state index in [1.165, 1.54) is 18.4 Å². The molecule has 6 aromatic rings. The third-order valence-corrected chi connectivity index (χ3v) is 7.16. The number of nitrogens with zero attached hydrogens (tertiary/aromatic N) is 4. The van der Waals surface area contributed by atoms with Crippen LogP contribution in [-0.4, -0.2) is 50.6 Å². The molecule has 0 saturated carbocycles. The highest BCUT2D eigenvalue weighted by Crippen LogP contribution is 2.34. The van der Waals surface area contributed by atoms with E-state index in [9.17, 15) is 12.8 Å². The van der Waals surface area contributed by atoms with Gasteiger partial charge in [0.15, 0.2) is 5.65 Å². The Morgan fingerprint density at radius 2 is 1.81 bits per heavy atom. The van der Waals surface area contributed by atoms with Crippen LogP contribution in [0.25, 0.3) is 55.7 Å². The van der Waals surface area contributed by atoms with Gasteiger partial charge < -0.3 is 4.98 Å².